The molecule has 1 aromatic carbocycles. The van der Waals surface area contributed by atoms with Gasteiger partial charge in [-0.05, 0) is 24.0 Å². The molecular formula is C18H25NO4. The molecule has 1 aliphatic rings. The van der Waals surface area contributed by atoms with Crippen molar-refractivity contribution in [3.8, 4) is 0 Å². The van der Waals surface area contributed by atoms with E-state index in [1.54, 1.807) is 0 Å². The van der Waals surface area contributed by atoms with Gasteiger partial charge < -0.3 is 15.2 Å². The fourth-order valence-electron chi connectivity index (χ4n) is 2.81. The second-order valence-corrected chi connectivity index (χ2v) is 6.14. The molecule has 1 heterocycles. The largest absolute Gasteiger partial charge is 0.480 e. The number of ether oxygens (including phenoxy) is 1. The van der Waals surface area contributed by atoms with Crippen molar-refractivity contribution in [1.29, 1.82) is 0 Å². The number of carboxylic acid groups (broad SMARTS) is 1. The van der Waals surface area contributed by atoms with Crippen LogP contribution in [0.25, 0.3) is 0 Å². The van der Waals surface area contributed by atoms with Crippen LogP contribution in [0.5, 0.6) is 0 Å². The Morgan fingerprint density at radius 2 is 1.78 bits per heavy atom. The van der Waals surface area contributed by atoms with Crippen molar-refractivity contribution in [2.75, 3.05) is 13.2 Å². The second kappa shape index (κ2) is 8.11. The highest BCUT2D eigenvalue weighted by Crippen LogP contribution is 2.21. The minimum absolute atomic E-state index is 0.198. The number of unbranched alkanes of at least 4 members (excludes halogenated alkanes) is 1. The minimum atomic E-state index is -1.18. The molecule has 0 atom stereocenters. The third-order valence-corrected chi connectivity index (χ3v) is 4.34. The highest BCUT2D eigenvalue weighted by Gasteiger charge is 2.41. The fourth-order valence-corrected chi connectivity index (χ4v) is 2.81. The quantitative estimate of drug-likeness (QED) is 0.809. The highest BCUT2D eigenvalue weighted by molar-refractivity contribution is 5.88. The van der Waals surface area contributed by atoms with E-state index >= 15 is 0 Å². The Bertz CT molecular complexity index is 532. The van der Waals surface area contributed by atoms with Crippen LogP contribution in [0.15, 0.2) is 24.3 Å². The molecule has 1 aromatic rings. The van der Waals surface area contributed by atoms with Gasteiger partial charge >= 0.3 is 5.97 Å². The van der Waals surface area contributed by atoms with E-state index in [1.807, 2.05) is 24.3 Å². The third kappa shape index (κ3) is 4.79. The van der Waals surface area contributed by atoms with Crippen LogP contribution in [0.3, 0.4) is 0 Å². The molecule has 1 aliphatic heterocycles. The number of rotatable bonds is 7. The zero-order valence-corrected chi connectivity index (χ0v) is 13.6. The van der Waals surface area contributed by atoms with Gasteiger partial charge in [-0.3, -0.25) is 4.79 Å². The highest BCUT2D eigenvalue weighted by atomic mass is 16.5. The van der Waals surface area contributed by atoms with Crippen LogP contribution in [0.2, 0.25) is 0 Å². The molecular weight excluding hydrogens is 294 g/mol. The van der Waals surface area contributed by atoms with Crippen LogP contribution in [-0.2, 0) is 27.2 Å². The molecule has 23 heavy (non-hydrogen) atoms. The first kappa shape index (κ1) is 17.5. The monoisotopic (exact) mass is 319 g/mol. The first-order valence-electron chi connectivity index (χ1n) is 8.26. The van der Waals surface area contributed by atoms with Crippen LogP contribution in [0.1, 0.15) is 43.7 Å². The number of nitrogens with one attached hydrogen (secondary N) is 1. The molecule has 0 aliphatic carbocycles. The van der Waals surface area contributed by atoms with Crippen LogP contribution in [-0.4, -0.2) is 35.7 Å². The Kier molecular flexibility index (Phi) is 6.16. The maximum absolute atomic E-state index is 12.2. The maximum atomic E-state index is 12.2. The Labute approximate surface area is 137 Å². The molecule has 0 saturated carbocycles. The molecule has 2 N–H and O–H groups in total. The standard InChI is InChI=1S/C18H25NO4/c1-2-3-4-14-5-7-15(8-6-14)13-16(20)19-18(17(21)22)9-11-23-12-10-18/h5-8H,2-4,9-13H2,1H3,(H,19,20)(H,21,22). The number of hydrogen-bond donors (Lipinski definition) is 2. The number of amides is 1. The molecule has 126 valence electrons. The van der Waals surface area contributed by atoms with E-state index in [0.29, 0.717) is 26.1 Å². The average Bonchev–Trinajstić information content (AvgIpc) is 2.55. The maximum Gasteiger partial charge on any atom is 0.329 e. The summed E-state index contributed by atoms with van der Waals surface area (Å²) < 4.78 is 5.21. The molecule has 2 rings (SSSR count). The van der Waals surface area contributed by atoms with Crippen molar-refractivity contribution in [2.45, 2.75) is 51.0 Å². The summed E-state index contributed by atoms with van der Waals surface area (Å²) in [6.45, 7) is 2.88. The Hall–Kier alpha value is -1.88. The lowest BCUT2D eigenvalue weighted by Gasteiger charge is -2.33. The SMILES string of the molecule is CCCCc1ccc(CC(=O)NC2(C(=O)O)CCOCC2)cc1. The van der Waals surface area contributed by atoms with Crippen molar-refractivity contribution < 1.29 is 19.4 Å². The lowest BCUT2D eigenvalue weighted by atomic mass is 9.89. The molecule has 0 radical (unpaired) electrons. The molecule has 5 heteroatoms. The molecule has 5 nitrogen and oxygen atoms in total. The van der Waals surface area contributed by atoms with Crippen molar-refractivity contribution in [3.05, 3.63) is 35.4 Å². The predicted octanol–water partition coefficient (Wildman–Crippen LogP) is 2.32. The van der Waals surface area contributed by atoms with Gasteiger partial charge in [0.05, 0.1) is 6.42 Å². The normalized spacial score (nSPS) is 16.7. The summed E-state index contributed by atoms with van der Waals surface area (Å²) in [5.41, 5.74) is 0.980. The summed E-state index contributed by atoms with van der Waals surface area (Å²) in [6, 6.07) is 7.98. The molecule has 0 unspecified atom stereocenters. The minimum Gasteiger partial charge on any atom is -0.480 e. The van der Waals surface area contributed by atoms with E-state index in [9.17, 15) is 14.7 Å². The molecule has 1 fully saturated rings. The van der Waals surface area contributed by atoms with Gasteiger partial charge in [-0.2, -0.15) is 0 Å². The van der Waals surface area contributed by atoms with Crippen LogP contribution in [0.4, 0.5) is 0 Å². The summed E-state index contributed by atoms with van der Waals surface area (Å²) >= 11 is 0. The van der Waals surface area contributed by atoms with Crippen molar-refractivity contribution in [2.24, 2.45) is 0 Å². The van der Waals surface area contributed by atoms with E-state index in [2.05, 4.69) is 12.2 Å². The van der Waals surface area contributed by atoms with E-state index < -0.39 is 11.5 Å². The first-order valence-corrected chi connectivity index (χ1v) is 8.26. The van der Waals surface area contributed by atoms with Gasteiger partial charge in [0.1, 0.15) is 5.54 Å². The Balaban J connectivity index is 1.94. The van der Waals surface area contributed by atoms with Gasteiger partial charge in [0.15, 0.2) is 0 Å². The van der Waals surface area contributed by atoms with Crippen LogP contribution < -0.4 is 5.32 Å². The number of carboxylic acids is 1. The van der Waals surface area contributed by atoms with E-state index in [1.165, 1.54) is 5.56 Å². The number of benzene rings is 1. The summed E-state index contributed by atoms with van der Waals surface area (Å²) in [7, 11) is 0. The summed E-state index contributed by atoms with van der Waals surface area (Å²) in [6.07, 6.45) is 4.18. The smallest absolute Gasteiger partial charge is 0.329 e. The second-order valence-electron chi connectivity index (χ2n) is 6.14. The van der Waals surface area contributed by atoms with Gasteiger partial charge in [-0.15, -0.1) is 0 Å². The fraction of sp³-hybridized carbons (Fsp3) is 0.556. The van der Waals surface area contributed by atoms with Crippen LogP contribution >= 0.6 is 0 Å². The summed E-state index contributed by atoms with van der Waals surface area (Å²) in [5.74, 6) is -1.24. The van der Waals surface area contributed by atoms with E-state index in [-0.39, 0.29) is 12.3 Å². The van der Waals surface area contributed by atoms with Gasteiger partial charge in [0.25, 0.3) is 0 Å². The van der Waals surface area contributed by atoms with Crippen molar-refractivity contribution >= 4 is 11.9 Å². The number of carbonyl (C=O) groups excluding carboxylic acids is 1. The van der Waals surface area contributed by atoms with Crippen molar-refractivity contribution in [1.82, 2.24) is 5.32 Å². The summed E-state index contributed by atoms with van der Waals surface area (Å²) in [4.78, 5) is 23.8. The topological polar surface area (TPSA) is 75.6 Å². The summed E-state index contributed by atoms with van der Waals surface area (Å²) in [5, 5.41) is 12.2. The number of aryl methyl sites for hydroxylation is 1. The van der Waals surface area contributed by atoms with Gasteiger partial charge in [-0.1, -0.05) is 37.6 Å². The lowest BCUT2D eigenvalue weighted by molar-refractivity contribution is -0.152. The number of hydrogen-bond acceptors (Lipinski definition) is 3. The van der Waals surface area contributed by atoms with E-state index in [4.69, 9.17) is 4.74 Å². The first-order chi connectivity index (χ1) is 11.1. The molecule has 1 amide bonds. The van der Waals surface area contributed by atoms with Crippen LogP contribution in [0, 0.1) is 0 Å². The Morgan fingerprint density at radius 3 is 2.35 bits per heavy atom. The van der Waals surface area contributed by atoms with Gasteiger partial charge in [0, 0.05) is 26.1 Å². The third-order valence-electron chi connectivity index (χ3n) is 4.34. The van der Waals surface area contributed by atoms with Gasteiger partial charge in [-0.25, -0.2) is 4.79 Å². The molecule has 1 saturated heterocycles. The van der Waals surface area contributed by atoms with Gasteiger partial charge in [0.2, 0.25) is 5.91 Å². The zero-order chi connectivity index (χ0) is 16.7. The number of carbonyl (C=O) groups is 2. The molecule has 0 aromatic heterocycles. The van der Waals surface area contributed by atoms with Crippen molar-refractivity contribution in [3.63, 3.8) is 0 Å². The number of aliphatic carboxylic acids is 1. The lowest BCUT2D eigenvalue weighted by Crippen LogP contribution is -2.57. The van der Waals surface area contributed by atoms with E-state index in [0.717, 1.165) is 24.8 Å². The predicted molar refractivity (Wildman–Crippen MR) is 87.3 cm³/mol. The molecule has 0 spiro atoms. The Morgan fingerprint density at radius 1 is 1.17 bits per heavy atom. The molecule has 0 bridgehead atoms. The average molecular weight is 319 g/mol. The zero-order valence-electron chi connectivity index (χ0n) is 13.6.